The minimum atomic E-state index is 0.350. The standard InChI is InChI=1S/C26H25N5O3/c1-31(2)24-15-28-21-8-7-19(20(13-27)26(21)30-24)11-17-5-9-22(23(12-17)32-3)34-16-18-6-10-25(33-4)29-14-18/h5-10,12,14-15H,11,16H2,1-4H3. The molecule has 0 radical (unpaired) electrons. The second-order valence-corrected chi connectivity index (χ2v) is 7.86. The Morgan fingerprint density at radius 3 is 2.41 bits per heavy atom. The zero-order valence-electron chi connectivity index (χ0n) is 19.6. The molecule has 4 rings (SSSR count). The minimum Gasteiger partial charge on any atom is -0.493 e. The van der Waals surface area contributed by atoms with Crippen LogP contribution in [0, 0.1) is 11.3 Å². The Hall–Kier alpha value is -4.38. The van der Waals surface area contributed by atoms with Gasteiger partial charge in [0.15, 0.2) is 11.5 Å². The molecule has 172 valence electrons. The van der Waals surface area contributed by atoms with E-state index in [-0.39, 0.29) is 0 Å². The maximum atomic E-state index is 9.89. The van der Waals surface area contributed by atoms with Gasteiger partial charge >= 0.3 is 0 Å². The number of nitriles is 1. The molecule has 0 spiro atoms. The fraction of sp³-hybridized carbons (Fsp3) is 0.231. The van der Waals surface area contributed by atoms with Crippen molar-refractivity contribution in [1.82, 2.24) is 15.0 Å². The van der Waals surface area contributed by atoms with E-state index in [1.165, 1.54) is 0 Å². The Morgan fingerprint density at radius 2 is 1.74 bits per heavy atom. The van der Waals surface area contributed by atoms with Gasteiger partial charge in [0, 0.05) is 31.9 Å². The van der Waals surface area contributed by atoms with Gasteiger partial charge in [0.1, 0.15) is 24.0 Å². The maximum absolute atomic E-state index is 9.89. The average molecular weight is 456 g/mol. The van der Waals surface area contributed by atoms with Gasteiger partial charge in [-0.1, -0.05) is 12.1 Å². The molecule has 8 heteroatoms. The highest BCUT2D eigenvalue weighted by Crippen LogP contribution is 2.31. The Morgan fingerprint density at radius 1 is 0.912 bits per heavy atom. The third-order valence-electron chi connectivity index (χ3n) is 5.38. The summed E-state index contributed by atoms with van der Waals surface area (Å²) in [5.41, 5.74) is 4.61. The second-order valence-electron chi connectivity index (χ2n) is 7.86. The number of ether oxygens (including phenoxy) is 3. The van der Waals surface area contributed by atoms with Crippen LogP contribution in [0.2, 0.25) is 0 Å². The number of pyridine rings is 1. The fourth-order valence-corrected chi connectivity index (χ4v) is 3.54. The Labute approximate surface area is 198 Å². The van der Waals surface area contributed by atoms with E-state index in [4.69, 9.17) is 14.2 Å². The SMILES string of the molecule is COc1ccc(COc2ccc(Cc3ccc4ncc(N(C)C)nc4c3C#N)cc2OC)cn1. The number of fused-ring (bicyclic) bond motifs is 1. The highest BCUT2D eigenvalue weighted by atomic mass is 16.5. The fourth-order valence-electron chi connectivity index (χ4n) is 3.54. The molecule has 0 unspecified atom stereocenters. The molecule has 0 amide bonds. The van der Waals surface area contributed by atoms with Gasteiger partial charge in [0.2, 0.25) is 5.88 Å². The van der Waals surface area contributed by atoms with Crippen LogP contribution >= 0.6 is 0 Å². The predicted molar refractivity (Wildman–Crippen MR) is 130 cm³/mol. The molecule has 0 aliphatic carbocycles. The van der Waals surface area contributed by atoms with Crippen LogP contribution in [-0.4, -0.2) is 43.3 Å². The molecule has 34 heavy (non-hydrogen) atoms. The molecular formula is C26H25N5O3. The van der Waals surface area contributed by atoms with Crippen molar-refractivity contribution in [3.63, 3.8) is 0 Å². The van der Waals surface area contributed by atoms with Gasteiger partial charge in [0.05, 0.1) is 31.5 Å². The first-order valence-electron chi connectivity index (χ1n) is 10.7. The van der Waals surface area contributed by atoms with Gasteiger partial charge in [-0.2, -0.15) is 5.26 Å². The van der Waals surface area contributed by atoms with E-state index < -0.39 is 0 Å². The van der Waals surface area contributed by atoms with Crippen LogP contribution in [0.25, 0.3) is 11.0 Å². The van der Waals surface area contributed by atoms with Crippen LogP contribution in [0.15, 0.2) is 54.9 Å². The number of hydrogen-bond acceptors (Lipinski definition) is 8. The molecule has 0 atom stereocenters. The lowest BCUT2D eigenvalue weighted by Gasteiger charge is -2.14. The van der Waals surface area contributed by atoms with Crippen LogP contribution in [0.4, 0.5) is 5.82 Å². The predicted octanol–water partition coefficient (Wildman–Crippen LogP) is 4.15. The molecule has 0 saturated heterocycles. The summed E-state index contributed by atoms with van der Waals surface area (Å²) in [6.07, 6.45) is 3.97. The lowest BCUT2D eigenvalue weighted by Crippen LogP contribution is -2.11. The van der Waals surface area contributed by atoms with Gasteiger partial charge < -0.3 is 19.1 Å². The highest BCUT2D eigenvalue weighted by Gasteiger charge is 2.14. The molecule has 8 nitrogen and oxygen atoms in total. The molecule has 0 fully saturated rings. The van der Waals surface area contributed by atoms with Gasteiger partial charge in [-0.3, -0.25) is 4.98 Å². The summed E-state index contributed by atoms with van der Waals surface area (Å²) in [7, 11) is 6.98. The molecule has 0 aliphatic rings. The van der Waals surface area contributed by atoms with E-state index in [2.05, 4.69) is 21.0 Å². The summed E-state index contributed by atoms with van der Waals surface area (Å²) >= 11 is 0. The van der Waals surface area contributed by atoms with Crippen molar-refractivity contribution in [3.8, 4) is 23.4 Å². The summed E-state index contributed by atoms with van der Waals surface area (Å²) in [5.74, 6) is 2.51. The smallest absolute Gasteiger partial charge is 0.212 e. The second kappa shape index (κ2) is 10.0. The number of aromatic nitrogens is 3. The first-order chi connectivity index (χ1) is 16.5. The molecule has 0 N–H and O–H groups in total. The molecular weight excluding hydrogens is 430 g/mol. The number of benzene rings is 2. The van der Waals surface area contributed by atoms with Crippen molar-refractivity contribution in [2.45, 2.75) is 13.0 Å². The normalized spacial score (nSPS) is 10.6. The van der Waals surface area contributed by atoms with Crippen LogP contribution in [0.3, 0.4) is 0 Å². The topological polar surface area (TPSA) is 93.4 Å². The van der Waals surface area contributed by atoms with Gasteiger partial charge in [0.25, 0.3) is 0 Å². The van der Waals surface area contributed by atoms with Gasteiger partial charge in [-0.15, -0.1) is 0 Å². The number of hydrogen-bond donors (Lipinski definition) is 0. The van der Waals surface area contributed by atoms with Crippen molar-refractivity contribution < 1.29 is 14.2 Å². The average Bonchev–Trinajstić information content (AvgIpc) is 2.87. The lowest BCUT2D eigenvalue weighted by atomic mass is 9.98. The lowest BCUT2D eigenvalue weighted by molar-refractivity contribution is 0.283. The van der Waals surface area contributed by atoms with Crippen molar-refractivity contribution in [2.24, 2.45) is 0 Å². The summed E-state index contributed by atoms with van der Waals surface area (Å²) in [6, 6.07) is 15.6. The molecule has 2 aromatic heterocycles. The van der Waals surface area contributed by atoms with E-state index in [1.54, 1.807) is 32.7 Å². The Balaban J connectivity index is 1.57. The minimum absolute atomic E-state index is 0.350. The Kier molecular flexibility index (Phi) is 6.74. The summed E-state index contributed by atoms with van der Waals surface area (Å²) < 4.78 is 16.6. The molecule has 0 bridgehead atoms. The molecule has 0 saturated carbocycles. The van der Waals surface area contributed by atoms with Crippen molar-refractivity contribution >= 4 is 16.9 Å². The summed E-state index contributed by atoms with van der Waals surface area (Å²) in [4.78, 5) is 15.2. The van der Waals surface area contributed by atoms with E-state index in [1.807, 2.05) is 55.4 Å². The highest BCUT2D eigenvalue weighted by molar-refractivity contribution is 5.83. The third-order valence-corrected chi connectivity index (χ3v) is 5.38. The Bertz CT molecular complexity index is 1350. The van der Waals surface area contributed by atoms with Crippen molar-refractivity contribution in [3.05, 3.63) is 77.1 Å². The number of anilines is 1. The monoisotopic (exact) mass is 455 g/mol. The first-order valence-corrected chi connectivity index (χ1v) is 10.7. The van der Waals surface area contributed by atoms with Crippen LogP contribution in [0.5, 0.6) is 17.4 Å². The number of methoxy groups -OCH3 is 2. The van der Waals surface area contributed by atoms with Crippen LogP contribution in [0.1, 0.15) is 22.3 Å². The van der Waals surface area contributed by atoms with Crippen LogP contribution in [-0.2, 0) is 13.0 Å². The van der Waals surface area contributed by atoms with E-state index >= 15 is 0 Å². The maximum Gasteiger partial charge on any atom is 0.212 e. The first kappa shape index (κ1) is 22.8. The number of rotatable bonds is 8. The van der Waals surface area contributed by atoms with Gasteiger partial charge in [-0.25, -0.2) is 9.97 Å². The quantitative estimate of drug-likeness (QED) is 0.391. The molecule has 4 aromatic rings. The third kappa shape index (κ3) is 4.84. The largest absolute Gasteiger partial charge is 0.493 e. The van der Waals surface area contributed by atoms with E-state index in [9.17, 15) is 5.26 Å². The van der Waals surface area contributed by atoms with Crippen molar-refractivity contribution in [2.75, 3.05) is 33.2 Å². The number of nitrogens with zero attached hydrogens (tertiary/aromatic N) is 5. The van der Waals surface area contributed by atoms with E-state index in [0.717, 1.165) is 16.7 Å². The van der Waals surface area contributed by atoms with Gasteiger partial charge in [-0.05, 0) is 41.8 Å². The molecule has 2 heterocycles. The molecule has 2 aromatic carbocycles. The van der Waals surface area contributed by atoms with Crippen molar-refractivity contribution in [1.29, 1.82) is 5.26 Å². The zero-order valence-corrected chi connectivity index (χ0v) is 19.6. The zero-order chi connectivity index (χ0) is 24.1. The van der Waals surface area contributed by atoms with Crippen LogP contribution < -0.4 is 19.1 Å². The summed E-state index contributed by atoms with van der Waals surface area (Å²) in [5, 5.41) is 9.89. The molecule has 0 aliphatic heterocycles. The summed E-state index contributed by atoms with van der Waals surface area (Å²) in [6.45, 7) is 0.350. The van der Waals surface area contributed by atoms with E-state index in [0.29, 0.717) is 52.8 Å².